The van der Waals surface area contributed by atoms with E-state index in [9.17, 15) is 9.59 Å². The van der Waals surface area contributed by atoms with Gasteiger partial charge in [-0.3, -0.25) is 9.59 Å². The number of aromatic nitrogens is 2. The fourth-order valence-electron chi connectivity index (χ4n) is 2.45. The molecule has 2 aromatic carbocycles. The van der Waals surface area contributed by atoms with Crippen LogP contribution in [0.25, 0.3) is 0 Å². The lowest BCUT2D eigenvalue weighted by Gasteiger charge is -2.05. The zero-order chi connectivity index (χ0) is 20.6. The van der Waals surface area contributed by atoms with Crippen LogP contribution in [-0.2, 0) is 17.8 Å². The predicted molar refractivity (Wildman–Crippen MR) is 117 cm³/mol. The second kappa shape index (κ2) is 10.2. The van der Waals surface area contributed by atoms with Crippen LogP contribution >= 0.6 is 23.1 Å². The molecule has 0 fully saturated rings. The molecule has 0 bridgehead atoms. The second-order valence-electron chi connectivity index (χ2n) is 6.43. The highest BCUT2D eigenvalue weighted by Gasteiger charge is 2.14. The van der Waals surface area contributed by atoms with E-state index in [1.54, 1.807) is 0 Å². The third kappa shape index (κ3) is 6.40. The molecular formula is C21H22N4O2S2. The van der Waals surface area contributed by atoms with E-state index in [0.717, 1.165) is 17.5 Å². The van der Waals surface area contributed by atoms with E-state index in [1.807, 2.05) is 43.3 Å². The van der Waals surface area contributed by atoms with Gasteiger partial charge >= 0.3 is 0 Å². The summed E-state index contributed by atoms with van der Waals surface area (Å²) in [6.45, 7) is 4.58. The lowest BCUT2D eigenvalue weighted by atomic mass is 10.1. The smallest absolute Gasteiger partial charge is 0.286 e. The molecule has 6 nitrogen and oxygen atoms in total. The Morgan fingerprint density at radius 3 is 2.38 bits per heavy atom. The van der Waals surface area contributed by atoms with Crippen molar-refractivity contribution in [2.45, 2.75) is 31.2 Å². The average molecular weight is 427 g/mol. The van der Waals surface area contributed by atoms with Gasteiger partial charge in [-0.1, -0.05) is 72.0 Å². The molecule has 29 heavy (non-hydrogen) atoms. The summed E-state index contributed by atoms with van der Waals surface area (Å²) in [5, 5.41) is 13.9. The van der Waals surface area contributed by atoms with Gasteiger partial charge < -0.3 is 10.6 Å². The molecule has 1 aromatic heterocycles. The third-order valence-corrected chi connectivity index (χ3v) is 6.21. The predicted octanol–water partition coefficient (Wildman–Crippen LogP) is 4.07. The molecule has 0 aliphatic carbocycles. The number of anilines is 1. The van der Waals surface area contributed by atoms with Gasteiger partial charge in [0.15, 0.2) is 4.34 Å². The van der Waals surface area contributed by atoms with Crippen molar-refractivity contribution in [2.24, 2.45) is 0 Å². The van der Waals surface area contributed by atoms with E-state index in [-0.39, 0.29) is 22.6 Å². The molecule has 3 rings (SSSR count). The standard InChI is InChI=1S/C21H22N4O2S2/c1-3-15-6-8-16(9-7-15)12-22-18(26)13-28-21-25-24-20(29-21)19(27)23-17-10-4-14(2)5-11-17/h4-11H,3,12-13H2,1-2H3,(H,22,26)(H,23,27). The van der Waals surface area contributed by atoms with E-state index < -0.39 is 0 Å². The maximum Gasteiger partial charge on any atom is 0.286 e. The highest BCUT2D eigenvalue weighted by molar-refractivity contribution is 8.01. The van der Waals surface area contributed by atoms with Gasteiger partial charge in [-0.2, -0.15) is 0 Å². The first-order valence-electron chi connectivity index (χ1n) is 9.22. The van der Waals surface area contributed by atoms with Crippen LogP contribution in [0.3, 0.4) is 0 Å². The zero-order valence-corrected chi connectivity index (χ0v) is 17.9. The highest BCUT2D eigenvalue weighted by Crippen LogP contribution is 2.23. The summed E-state index contributed by atoms with van der Waals surface area (Å²) in [4.78, 5) is 24.3. The summed E-state index contributed by atoms with van der Waals surface area (Å²) in [5.74, 6) is -0.171. The number of aryl methyl sites for hydroxylation is 2. The molecule has 0 radical (unpaired) electrons. The molecule has 0 aliphatic rings. The molecule has 0 unspecified atom stereocenters. The molecule has 150 valence electrons. The van der Waals surface area contributed by atoms with Crippen LogP contribution < -0.4 is 10.6 Å². The summed E-state index contributed by atoms with van der Waals surface area (Å²) in [7, 11) is 0. The normalized spacial score (nSPS) is 10.6. The first-order chi connectivity index (χ1) is 14.0. The Kier molecular flexibility index (Phi) is 7.37. The number of benzene rings is 2. The van der Waals surface area contributed by atoms with Crippen LogP contribution in [0.1, 0.15) is 33.4 Å². The first-order valence-corrected chi connectivity index (χ1v) is 11.0. The van der Waals surface area contributed by atoms with Gasteiger partial charge in [0.1, 0.15) is 0 Å². The van der Waals surface area contributed by atoms with Crippen molar-refractivity contribution in [2.75, 3.05) is 11.1 Å². The van der Waals surface area contributed by atoms with Crippen molar-refractivity contribution in [3.8, 4) is 0 Å². The van der Waals surface area contributed by atoms with Crippen molar-refractivity contribution in [1.82, 2.24) is 15.5 Å². The monoisotopic (exact) mass is 426 g/mol. The maximum absolute atomic E-state index is 12.3. The van der Waals surface area contributed by atoms with Gasteiger partial charge in [-0.25, -0.2) is 0 Å². The van der Waals surface area contributed by atoms with E-state index in [4.69, 9.17) is 0 Å². The number of rotatable bonds is 8. The Morgan fingerprint density at radius 1 is 1.00 bits per heavy atom. The fraction of sp³-hybridized carbons (Fsp3) is 0.238. The van der Waals surface area contributed by atoms with Crippen molar-refractivity contribution < 1.29 is 9.59 Å². The highest BCUT2D eigenvalue weighted by atomic mass is 32.2. The largest absolute Gasteiger partial charge is 0.351 e. The van der Waals surface area contributed by atoms with E-state index in [0.29, 0.717) is 16.6 Å². The maximum atomic E-state index is 12.3. The SMILES string of the molecule is CCc1ccc(CNC(=O)CSc2nnc(C(=O)Nc3ccc(C)cc3)s2)cc1. The fourth-order valence-corrected chi connectivity index (χ4v) is 4.03. The van der Waals surface area contributed by atoms with Crippen molar-refractivity contribution >= 4 is 40.6 Å². The summed E-state index contributed by atoms with van der Waals surface area (Å²) < 4.78 is 0.585. The van der Waals surface area contributed by atoms with Crippen molar-refractivity contribution in [3.05, 3.63) is 70.2 Å². The molecule has 1 heterocycles. The van der Waals surface area contributed by atoms with Crippen LogP contribution in [0.4, 0.5) is 5.69 Å². The number of carbonyl (C=O) groups is 2. The molecule has 0 saturated carbocycles. The van der Waals surface area contributed by atoms with Crippen LogP contribution in [0, 0.1) is 6.92 Å². The quantitative estimate of drug-likeness (QED) is 0.531. The minimum atomic E-state index is -0.307. The minimum absolute atomic E-state index is 0.0876. The summed E-state index contributed by atoms with van der Waals surface area (Å²) in [5.41, 5.74) is 4.16. The van der Waals surface area contributed by atoms with E-state index in [2.05, 4.69) is 39.9 Å². The number of nitrogens with zero attached hydrogens (tertiary/aromatic N) is 2. The first kappa shape index (κ1) is 21.0. The Labute approximate surface area is 178 Å². The number of amides is 2. The molecule has 0 aliphatic heterocycles. The van der Waals surface area contributed by atoms with Gasteiger partial charge in [0.25, 0.3) is 5.91 Å². The van der Waals surface area contributed by atoms with Gasteiger partial charge in [-0.15, -0.1) is 10.2 Å². The van der Waals surface area contributed by atoms with E-state index in [1.165, 1.54) is 28.7 Å². The Bertz CT molecular complexity index is 969. The number of hydrogen-bond donors (Lipinski definition) is 2. The summed E-state index contributed by atoms with van der Waals surface area (Å²) in [6, 6.07) is 15.7. The minimum Gasteiger partial charge on any atom is -0.351 e. The van der Waals surface area contributed by atoms with Crippen LogP contribution in [0.15, 0.2) is 52.9 Å². The summed E-state index contributed by atoms with van der Waals surface area (Å²) in [6.07, 6.45) is 0.996. The van der Waals surface area contributed by atoms with Gasteiger partial charge in [0.05, 0.1) is 5.75 Å². The Hall–Kier alpha value is -2.71. The molecule has 8 heteroatoms. The molecule has 2 amide bonds. The molecule has 0 atom stereocenters. The second-order valence-corrected chi connectivity index (χ2v) is 8.63. The average Bonchev–Trinajstić information content (AvgIpc) is 3.22. The molecule has 0 spiro atoms. The van der Waals surface area contributed by atoms with Gasteiger partial charge in [0.2, 0.25) is 10.9 Å². The van der Waals surface area contributed by atoms with Crippen molar-refractivity contribution in [3.63, 3.8) is 0 Å². The molecular weight excluding hydrogens is 404 g/mol. The number of nitrogens with one attached hydrogen (secondary N) is 2. The van der Waals surface area contributed by atoms with Gasteiger partial charge in [0, 0.05) is 12.2 Å². The summed E-state index contributed by atoms with van der Waals surface area (Å²) >= 11 is 2.44. The van der Waals surface area contributed by atoms with Gasteiger partial charge in [-0.05, 0) is 36.6 Å². The lowest BCUT2D eigenvalue weighted by Crippen LogP contribution is -2.24. The topological polar surface area (TPSA) is 84.0 Å². The number of hydrogen-bond acceptors (Lipinski definition) is 6. The Balaban J connectivity index is 1.44. The third-order valence-electron chi connectivity index (χ3n) is 4.16. The molecule has 0 saturated heterocycles. The van der Waals surface area contributed by atoms with E-state index >= 15 is 0 Å². The Morgan fingerprint density at radius 2 is 1.69 bits per heavy atom. The number of thioether (sulfide) groups is 1. The van der Waals surface area contributed by atoms with Crippen LogP contribution in [0.5, 0.6) is 0 Å². The lowest BCUT2D eigenvalue weighted by molar-refractivity contribution is -0.118. The molecule has 2 N–H and O–H groups in total. The van der Waals surface area contributed by atoms with Crippen LogP contribution in [-0.4, -0.2) is 27.8 Å². The van der Waals surface area contributed by atoms with Crippen LogP contribution in [0.2, 0.25) is 0 Å². The molecule has 3 aromatic rings. The zero-order valence-electron chi connectivity index (χ0n) is 16.3. The number of carbonyl (C=O) groups excluding carboxylic acids is 2. The van der Waals surface area contributed by atoms with Crippen molar-refractivity contribution in [1.29, 1.82) is 0 Å².